The maximum atomic E-state index is 12.6. The van der Waals surface area contributed by atoms with E-state index in [9.17, 15) is 13.2 Å². The molecule has 9 heteroatoms. The number of hydrazone groups is 1. The summed E-state index contributed by atoms with van der Waals surface area (Å²) in [5, 5.41) is 3.01. The second kappa shape index (κ2) is 7.56. The van der Waals surface area contributed by atoms with Crippen LogP contribution in [0.4, 0.5) is 5.69 Å². The quantitative estimate of drug-likeness (QED) is 0.235. The predicted octanol–water partition coefficient (Wildman–Crippen LogP) is 1.95. The van der Waals surface area contributed by atoms with Gasteiger partial charge in [-0.3, -0.25) is 15.6 Å². The number of carbonyl (C=O) groups is 1. The highest BCUT2D eigenvalue weighted by Crippen LogP contribution is 2.16. The first-order valence-corrected chi connectivity index (χ1v) is 9.04. The predicted molar refractivity (Wildman–Crippen MR) is 95.9 cm³/mol. The van der Waals surface area contributed by atoms with E-state index in [4.69, 9.17) is 5.84 Å². The highest BCUT2D eigenvalue weighted by Gasteiger charge is 2.29. The lowest BCUT2D eigenvalue weighted by Crippen LogP contribution is -2.40. The number of sulfone groups is 1. The maximum absolute atomic E-state index is 12.6. The summed E-state index contributed by atoms with van der Waals surface area (Å²) < 4.78 is 26.1. The Bertz CT molecular complexity index is 863. The molecule has 4 N–H and O–H groups in total. The van der Waals surface area contributed by atoms with Crippen LogP contribution in [0, 0.1) is 6.92 Å². The Morgan fingerprint density at radius 1 is 1.08 bits per heavy atom. The van der Waals surface area contributed by atoms with Gasteiger partial charge < -0.3 is 0 Å². The Balaban J connectivity index is 2.40. The first kappa shape index (κ1) is 18.1. The van der Waals surface area contributed by atoms with E-state index in [1.807, 2.05) is 6.92 Å². The van der Waals surface area contributed by atoms with Crippen LogP contribution in [-0.4, -0.2) is 19.4 Å². The van der Waals surface area contributed by atoms with E-state index >= 15 is 0 Å². The van der Waals surface area contributed by atoms with Crippen molar-refractivity contribution in [3.8, 4) is 0 Å². The molecule has 0 spiro atoms. The van der Waals surface area contributed by atoms with Crippen molar-refractivity contribution in [2.24, 2.45) is 10.9 Å². The average Bonchev–Trinajstić information content (AvgIpc) is 2.56. The molecule has 1 amide bonds. The Labute approximate surface area is 148 Å². The summed E-state index contributed by atoms with van der Waals surface area (Å²) in [6, 6.07) is 12.9. The number of hydrogen-bond acceptors (Lipinski definition) is 6. The van der Waals surface area contributed by atoms with Gasteiger partial charge in [-0.15, -0.1) is 0 Å². The van der Waals surface area contributed by atoms with Gasteiger partial charge in [-0.2, -0.15) is 5.10 Å². The van der Waals surface area contributed by atoms with Crippen LogP contribution in [0.2, 0.25) is 0 Å². The number of benzene rings is 2. The zero-order valence-corrected chi connectivity index (χ0v) is 15.1. The number of nitrogens with two attached hydrogens (primary N) is 1. The molecule has 0 aromatic heterocycles. The molecule has 0 radical (unpaired) electrons. The first-order valence-electron chi connectivity index (χ1n) is 6.76. The number of nitrogens with zero attached hydrogens (tertiary/aromatic N) is 1. The van der Waals surface area contributed by atoms with Crippen molar-refractivity contribution >= 4 is 42.4 Å². The zero-order chi connectivity index (χ0) is 17.7. The van der Waals surface area contributed by atoms with Gasteiger partial charge in [0, 0.05) is 4.47 Å². The summed E-state index contributed by atoms with van der Waals surface area (Å²) in [5.41, 5.74) is 5.75. The normalized spacial score (nSPS) is 11.9. The van der Waals surface area contributed by atoms with E-state index in [1.165, 1.54) is 12.1 Å². The second-order valence-electron chi connectivity index (χ2n) is 4.83. The van der Waals surface area contributed by atoms with Crippen LogP contribution in [-0.2, 0) is 14.6 Å². The summed E-state index contributed by atoms with van der Waals surface area (Å²) in [4.78, 5) is 11.8. The monoisotopic (exact) mass is 410 g/mol. The van der Waals surface area contributed by atoms with Crippen LogP contribution >= 0.6 is 15.9 Å². The van der Waals surface area contributed by atoms with Crippen molar-refractivity contribution in [3.05, 3.63) is 58.6 Å². The standard InChI is InChI=1S/C15H15BrN4O3S/c1-10-2-8-13(9-3-10)24(22,23)15(14(21)18-17)20-19-12-6-4-11(16)5-7-12/h2-9,19H,17H2,1H3,(H,18,21)/b20-15-. The molecule has 0 aliphatic carbocycles. The third-order valence-corrected chi connectivity index (χ3v) is 5.25. The van der Waals surface area contributed by atoms with Crippen molar-refractivity contribution in [2.45, 2.75) is 11.8 Å². The van der Waals surface area contributed by atoms with Gasteiger partial charge in [-0.05, 0) is 43.3 Å². The highest BCUT2D eigenvalue weighted by atomic mass is 79.9. The minimum Gasteiger partial charge on any atom is -0.288 e. The summed E-state index contributed by atoms with van der Waals surface area (Å²) in [6.07, 6.45) is 0. The van der Waals surface area contributed by atoms with Crippen LogP contribution < -0.4 is 16.7 Å². The SMILES string of the molecule is Cc1ccc(S(=O)(=O)/C(=N\Nc2ccc(Br)cc2)C(=O)NN)cc1. The Morgan fingerprint density at radius 2 is 1.67 bits per heavy atom. The molecular weight excluding hydrogens is 396 g/mol. The fourth-order valence-corrected chi connectivity index (χ4v) is 3.21. The van der Waals surface area contributed by atoms with Crippen molar-refractivity contribution < 1.29 is 13.2 Å². The molecule has 7 nitrogen and oxygen atoms in total. The lowest BCUT2D eigenvalue weighted by molar-refractivity contribution is -0.114. The number of carbonyl (C=O) groups excluding carboxylic acids is 1. The van der Waals surface area contributed by atoms with Crippen LogP contribution in [0.15, 0.2) is 63.0 Å². The molecule has 2 rings (SSSR count). The first-order chi connectivity index (χ1) is 11.3. The number of hydrogen-bond donors (Lipinski definition) is 3. The van der Waals surface area contributed by atoms with Gasteiger partial charge in [-0.25, -0.2) is 14.3 Å². The molecule has 2 aromatic carbocycles. The molecule has 0 bridgehead atoms. The van der Waals surface area contributed by atoms with E-state index in [0.717, 1.165) is 10.0 Å². The molecule has 0 saturated carbocycles. The summed E-state index contributed by atoms with van der Waals surface area (Å²) in [6.45, 7) is 1.83. The summed E-state index contributed by atoms with van der Waals surface area (Å²) >= 11 is 3.29. The molecule has 0 atom stereocenters. The molecule has 0 saturated heterocycles. The molecule has 0 aliphatic rings. The van der Waals surface area contributed by atoms with E-state index in [2.05, 4.69) is 26.5 Å². The van der Waals surface area contributed by atoms with E-state index in [0.29, 0.717) is 5.69 Å². The average molecular weight is 411 g/mol. The minimum atomic E-state index is -4.12. The van der Waals surface area contributed by atoms with Crippen LogP contribution in [0.25, 0.3) is 0 Å². The van der Waals surface area contributed by atoms with Gasteiger partial charge in [0.1, 0.15) is 0 Å². The molecule has 2 aromatic rings. The second-order valence-corrected chi connectivity index (χ2v) is 7.61. The summed E-state index contributed by atoms with van der Waals surface area (Å²) in [7, 11) is -4.12. The largest absolute Gasteiger partial charge is 0.297 e. The smallest absolute Gasteiger partial charge is 0.288 e. The van der Waals surface area contributed by atoms with Crippen LogP contribution in [0.5, 0.6) is 0 Å². The maximum Gasteiger partial charge on any atom is 0.297 e. The third-order valence-electron chi connectivity index (χ3n) is 3.04. The van der Waals surface area contributed by atoms with Crippen molar-refractivity contribution in [3.63, 3.8) is 0 Å². The number of rotatable bonds is 3. The molecule has 126 valence electrons. The van der Waals surface area contributed by atoms with Gasteiger partial charge >= 0.3 is 0 Å². The van der Waals surface area contributed by atoms with Gasteiger partial charge in [-0.1, -0.05) is 33.6 Å². The van der Waals surface area contributed by atoms with Crippen molar-refractivity contribution in [1.29, 1.82) is 0 Å². The molecule has 0 aliphatic heterocycles. The fourth-order valence-electron chi connectivity index (χ4n) is 1.76. The van der Waals surface area contributed by atoms with Crippen LogP contribution in [0.1, 0.15) is 5.56 Å². The van der Waals surface area contributed by atoms with E-state index in [-0.39, 0.29) is 4.90 Å². The number of hydrazine groups is 1. The Morgan fingerprint density at radius 3 is 2.21 bits per heavy atom. The number of amides is 1. The minimum absolute atomic E-state index is 0.0481. The lowest BCUT2D eigenvalue weighted by atomic mass is 10.2. The fraction of sp³-hybridized carbons (Fsp3) is 0.0667. The number of halogens is 1. The van der Waals surface area contributed by atoms with Gasteiger partial charge in [0.15, 0.2) is 0 Å². The van der Waals surface area contributed by atoms with Gasteiger partial charge in [0.2, 0.25) is 14.9 Å². The number of aryl methyl sites for hydroxylation is 1. The van der Waals surface area contributed by atoms with E-state index < -0.39 is 20.8 Å². The molecular formula is C15H15BrN4O3S. The molecule has 0 fully saturated rings. The number of anilines is 1. The Kier molecular flexibility index (Phi) is 5.71. The van der Waals surface area contributed by atoms with Gasteiger partial charge in [0.05, 0.1) is 10.6 Å². The van der Waals surface area contributed by atoms with Gasteiger partial charge in [0.25, 0.3) is 5.91 Å². The third kappa shape index (κ3) is 4.19. The lowest BCUT2D eigenvalue weighted by Gasteiger charge is -2.08. The topological polar surface area (TPSA) is 114 Å². The Hall–Kier alpha value is -2.23. The van der Waals surface area contributed by atoms with E-state index in [1.54, 1.807) is 41.8 Å². The number of nitrogens with one attached hydrogen (secondary N) is 2. The van der Waals surface area contributed by atoms with Crippen molar-refractivity contribution in [1.82, 2.24) is 5.43 Å². The molecule has 24 heavy (non-hydrogen) atoms. The highest BCUT2D eigenvalue weighted by molar-refractivity contribution is 9.10. The molecule has 0 heterocycles. The summed E-state index contributed by atoms with van der Waals surface area (Å²) in [5.74, 6) is 4.07. The molecule has 0 unspecified atom stereocenters. The van der Waals surface area contributed by atoms with Crippen molar-refractivity contribution in [2.75, 3.05) is 5.43 Å². The van der Waals surface area contributed by atoms with Crippen LogP contribution in [0.3, 0.4) is 0 Å². The zero-order valence-electron chi connectivity index (χ0n) is 12.7.